The maximum Gasteiger partial charge on any atom is 0.262 e. The maximum atomic E-state index is 12.6. The number of H-pyrrole nitrogens is 1. The Kier molecular flexibility index (Phi) is 3.39. The van der Waals surface area contributed by atoms with Gasteiger partial charge in [-0.25, -0.2) is 0 Å². The molecule has 25 heavy (non-hydrogen) atoms. The van der Waals surface area contributed by atoms with Crippen molar-refractivity contribution < 1.29 is 4.79 Å². The molecule has 1 aromatic heterocycles. The third-order valence-electron chi connectivity index (χ3n) is 6.51. The van der Waals surface area contributed by atoms with Gasteiger partial charge in [0.1, 0.15) is 0 Å². The molecule has 130 valence electrons. The molecule has 2 aromatic rings. The molecule has 6 heteroatoms. The summed E-state index contributed by atoms with van der Waals surface area (Å²) in [6.45, 7) is 0.319. The first-order valence-electron chi connectivity index (χ1n) is 9.15. The second-order valence-corrected chi connectivity index (χ2v) is 8.15. The van der Waals surface area contributed by atoms with Crippen LogP contribution < -0.4 is 10.9 Å². The molecule has 0 aliphatic heterocycles. The van der Waals surface area contributed by atoms with Gasteiger partial charge in [-0.2, -0.15) is 0 Å². The molecule has 0 radical (unpaired) electrons. The predicted molar refractivity (Wildman–Crippen MR) is 97.8 cm³/mol. The fourth-order valence-electron chi connectivity index (χ4n) is 5.39. The molecule has 1 unspecified atom stereocenters. The number of carbonyl (C=O) groups is 1. The summed E-state index contributed by atoms with van der Waals surface area (Å²) in [5.41, 5.74) is 0.605. The van der Waals surface area contributed by atoms with E-state index in [9.17, 15) is 9.59 Å². The summed E-state index contributed by atoms with van der Waals surface area (Å²) in [5, 5.41) is 3.81. The number of amides is 1. The van der Waals surface area contributed by atoms with Crippen molar-refractivity contribution >= 4 is 29.0 Å². The van der Waals surface area contributed by atoms with Crippen LogP contribution in [0.1, 0.15) is 25.7 Å². The van der Waals surface area contributed by atoms with Gasteiger partial charge in [-0.15, -0.1) is 0 Å². The predicted octanol–water partition coefficient (Wildman–Crippen LogP) is 2.61. The van der Waals surface area contributed by atoms with Gasteiger partial charge >= 0.3 is 0 Å². The van der Waals surface area contributed by atoms with Gasteiger partial charge in [0.15, 0.2) is 4.77 Å². The van der Waals surface area contributed by atoms with Crippen molar-refractivity contribution in [1.29, 1.82) is 0 Å². The van der Waals surface area contributed by atoms with Crippen molar-refractivity contribution in [2.45, 2.75) is 38.3 Å². The molecule has 3 aliphatic rings. The molecule has 1 aromatic carbocycles. The summed E-state index contributed by atoms with van der Waals surface area (Å²) in [6.07, 6.45) is 4.37. The van der Waals surface area contributed by atoms with Crippen molar-refractivity contribution in [3.8, 4) is 0 Å². The first-order chi connectivity index (χ1) is 12.1. The zero-order valence-electron chi connectivity index (χ0n) is 13.9. The van der Waals surface area contributed by atoms with E-state index in [0.29, 0.717) is 29.2 Å². The Labute approximate surface area is 150 Å². The van der Waals surface area contributed by atoms with Gasteiger partial charge in [0.2, 0.25) is 5.91 Å². The molecule has 5 rings (SSSR count). The fraction of sp³-hybridized carbons (Fsp3) is 0.526. The van der Waals surface area contributed by atoms with Gasteiger partial charge in [-0.1, -0.05) is 12.1 Å². The lowest BCUT2D eigenvalue weighted by Crippen LogP contribution is -2.32. The van der Waals surface area contributed by atoms with Gasteiger partial charge in [0, 0.05) is 19.0 Å². The molecule has 3 saturated carbocycles. The zero-order chi connectivity index (χ0) is 17.1. The molecule has 1 amide bonds. The van der Waals surface area contributed by atoms with Gasteiger partial charge in [0.05, 0.1) is 10.9 Å². The number of carbonyl (C=O) groups excluding carboxylic acids is 1. The molecule has 5 nitrogen and oxygen atoms in total. The molecule has 2 bridgehead atoms. The monoisotopic (exact) mass is 355 g/mol. The number of hydrogen-bond donors (Lipinski definition) is 2. The number of nitrogens with one attached hydrogen (secondary N) is 2. The summed E-state index contributed by atoms with van der Waals surface area (Å²) in [6, 6.07) is 7.70. The second-order valence-electron chi connectivity index (χ2n) is 7.76. The van der Waals surface area contributed by atoms with Crippen LogP contribution in [0.3, 0.4) is 0 Å². The van der Waals surface area contributed by atoms with Crippen LogP contribution in [0.25, 0.3) is 10.9 Å². The number of benzene rings is 1. The van der Waals surface area contributed by atoms with Crippen molar-refractivity contribution in [2.75, 3.05) is 0 Å². The summed E-state index contributed by atoms with van der Waals surface area (Å²) >= 11 is 5.30. The van der Waals surface area contributed by atoms with Gasteiger partial charge in [-0.3, -0.25) is 14.2 Å². The van der Waals surface area contributed by atoms with E-state index in [2.05, 4.69) is 10.3 Å². The second kappa shape index (κ2) is 5.53. The SMILES string of the molecule is O=C(CCn1c(=S)[nH]c2ccccc2c1=O)NC1[C@@H]2[C@H]3CC[C@@H](C3)[C@H]12. The zero-order valence-corrected chi connectivity index (χ0v) is 14.7. The van der Waals surface area contributed by atoms with E-state index in [1.54, 1.807) is 6.07 Å². The molecular formula is C19H21N3O2S. The van der Waals surface area contributed by atoms with Crippen LogP contribution in [0.2, 0.25) is 0 Å². The Morgan fingerprint density at radius 1 is 1.24 bits per heavy atom. The molecule has 3 aliphatic carbocycles. The molecule has 1 heterocycles. The molecular weight excluding hydrogens is 334 g/mol. The smallest absolute Gasteiger partial charge is 0.262 e. The minimum Gasteiger partial charge on any atom is -0.353 e. The summed E-state index contributed by atoms with van der Waals surface area (Å²) in [5.74, 6) is 3.19. The van der Waals surface area contributed by atoms with Crippen LogP contribution in [-0.2, 0) is 11.3 Å². The number of nitrogens with zero attached hydrogens (tertiary/aromatic N) is 1. The lowest BCUT2D eigenvalue weighted by Gasteiger charge is -2.11. The van der Waals surface area contributed by atoms with E-state index < -0.39 is 0 Å². The largest absolute Gasteiger partial charge is 0.353 e. The Morgan fingerprint density at radius 3 is 2.72 bits per heavy atom. The van der Waals surface area contributed by atoms with Crippen molar-refractivity contribution in [3.05, 3.63) is 39.4 Å². The van der Waals surface area contributed by atoms with Gasteiger partial charge < -0.3 is 10.3 Å². The normalized spacial score (nSPS) is 31.9. The number of fused-ring (bicyclic) bond motifs is 6. The number of rotatable bonds is 4. The van der Waals surface area contributed by atoms with E-state index in [4.69, 9.17) is 12.2 Å². The Morgan fingerprint density at radius 2 is 1.96 bits per heavy atom. The Bertz CT molecular complexity index is 963. The number of para-hydroxylation sites is 1. The van der Waals surface area contributed by atoms with Crippen LogP contribution in [0.5, 0.6) is 0 Å². The van der Waals surface area contributed by atoms with Crippen molar-refractivity contribution in [3.63, 3.8) is 0 Å². The standard InChI is InChI=1S/C19H21N3O2S/c23-14(21-17-15-10-5-6-11(9-10)16(15)17)7-8-22-18(24)12-3-1-2-4-13(12)20-19(22)25/h1-4,10-11,15-17H,5-9H2,(H,20,25)(H,21,23)/t10-,11-,15-,16+,17?/m0/s1. The highest BCUT2D eigenvalue weighted by atomic mass is 32.1. The quantitative estimate of drug-likeness (QED) is 0.829. The van der Waals surface area contributed by atoms with Gasteiger partial charge in [0.25, 0.3) is 5.56 Å². The summed E-state index contributed by atoms with van der Waals surface area (Å²) in [7, 11) is 0. The first-order valence-corrected chi connectivity index (χ1v) is 9.55. The lowest BCUT2D eigenvalue weighted by atomic mass is 10.0. The Hall–Kier alpha value is -1.95. The average molecular weight is 355 g/mol. The average Bonchev–Trinajstić information content (AvgIpc) is 2.98. The van der Waals surface area contributed by atoms with Crippen LogP contribution in [0.15, 0.2) is 29.1 Å². The molecule has 3 fully saturated rings. The number of aromatic nitrogens is 2. The van der Waals surface area contributed by atoms with Crippen LogP contribution in [0.4, 0.5) is 0 Å². The first kappa shape index (κ1) is 15.3. The van der Waals surface area contributed by atoms with Crippen LogP contribution in [0, 0.1) is 28.4 Å². The third-order valence-corrected chi connectivity index (χ3v) is 6.84. The summed E-state index contributed by atoms with van der Waals surface area (Å²) < 4.78 is 1.87. The third kappa shape index (κ3) is 2.38. The number of hydrogen-bond acceptors (Lipinski definition) is 3. The topological polar surface area (TPSA) is 66.9 Å². The maximum absolute atomic E-state index is 12.6. The van der Waals surface area contributed by atoms with Crippen LogP contribution in [-0.4, -0.2) is 21.5 Å². The van der Waals surface area contributed by atoms with E-state index >= 15 is 0 Å². The molecule has 0 spiro atoms. The van der Waals surface area contributed by atoms with Gasteiger partial charge in [-0.05, 0) is 67.3 Å². The lowest BCUT2D eigenvalue weighted by molar-refractivity contribution is -0.121. The fourth-order valence-corrected chi connectivity index (χ4v) is 5.68. The molecule has 0 saturated heterocycles. The van der Waals surface area contributed by atoms with E-state index in [-0.39, 0.29) is 11.5 Å². The van der Waals surface area contributed by atoms with E-state index in [1.165, 1.54) is 23.8 Å². The highest BCUT2D eigenvalue weighted by molar-refractivity contribution is 7.71. The molecule has 5 atom stereocenters. The highest BCUT2D eigenvalue weighted by Gasteiger charge is 2.65. The highest BCUT2D eigenvalue weighted by Crippen LogP contribution is 2.65. The Balaban J connectivity index is 1.27. The minimum atomic E-state index is -0.131. The van der Waals surface area contributed by atoms with E-state index in [1.807, 2.05) is 18.2 Å². The van der Waals surface area contributed by atoms with Crippen molar-refractivity contribution in [1.82, 2.24) is 14.9 Å². The minimum absolute atomic E-state index is 0.0354. The molecule has 2 N–H and O–H groups in total. The van der Waals surface area contributed by atoms with Crippen LogP contribution >= 0.6 is 12.2 Å². The number of aromatic amines is 1. The van der Waals surface area contributed by atoms with Crippen molar-refractivity contribution in [2.24, 2.45) is 23.7 Å². The van der Waals surface area contributed by atoms with E-state index in [0.717, 1.165) is 29.2 Å². The summed E-state index contributed by atoms with van der Waals surface area (Å²) in [4.78, 5) is 28.0.